The number of carbonyl (C=O) groups is 1. The fourth-order valence-electron chi connectivity index (χ4n) is 2.35. The number of hydrogen-bond donors (Lipinski definition) is 0. The van der Waals surface area contributed by atoms with Crippen LogP contribution in [0.5, 0.6) is 5.75 Å². The summed E-state index contributed by atoms with van der Waals surface area (Å²) in [7, 11) is 1.65. The number of rotatable bonds is 4. The van der Waals surface area contributed by atoms with Crippen LogP contribution < -0.4 is 4.74 Å². The highest BCUT2D eigenvalue weighted by Crippen LogP contribution is 2.39. The Balaban J connectivity index is 1.79. The maximum Gasteiger partial charge on any atom is 0.234 e. The van der Waals surface area contributed by atoms with Gasteiger partial charge in [-0.15, -0.1) is 11.8 Å². The minimum Gasteiger partial charge on any atom is -0.497 e. The fraction of sp³-hybridized carbons (Fsp3) is 0.250. The summed E-state index contributed by atoms with van der Waals surface area (Å²) in [4.78, 5) is 18.2. The van der Waals surface area contributed by atoms with Gasteiger partial charge in [-0.1, -0.05) is 18.2 Å². The average molecular weight is 300 g/mol. The second-order valence-corrected chi connectivity index (χ2v) is 5.89. The lowest BCUT2D eigenvalue weighted by molar-refractivity contribution is -0.128. The van der Waals surface area contributed by atoms with Gasteiger partial charge in [0.15, 0.2) is 0 Å². The molecule has 5 heteroatoms. The highest BCUT2D eigenvalue weighted by atomic mass is 32.2. The summed E-state index contributed by atoms with van der Waals surface area (Å²) in [6.45, 7) is 0.607. The van der Waals surface area contributed by atoms with Gasteiger partial charge in [0.1, 0.15) is 11.1 Å². The zero-order chi connectivity index (χ0) is 14.7. The van der Waals surface area contributed by atoms with Crippen LogP contribution in [0.1, 0.15) is 16.5 Å². The normalized spacial score (nSPS) is 18.0. The van der Waals surface area contributed by atoms with E-state index in [9.17, 15) is 4.79 Å². The summed E-state index contributed by atoms with van der Waals surface area (Å²) >= 11 is 1.65. The zero-order valence-corrected chi connectivity index (χ0v) is 12.5. The first-order valence-corrected chi connectivity index (χ1v) is 7.77. The number of methoxy groups -OCH3 is 1. The summed E-state index contributed by atoms with van der Waals surface area (Å²) in [5.41, 5.74) is 2.17. The largest absolute Gasteiger partial charge is 0.497 e. The van der Waals surface area contributed by atoms with Gasteiger partial charge in [0.25, 0.3) is 0 Å². The van der Waals surface area contributed by atoms with Gasteiger partial charge in [-0.25, -0.2) is 0 Å². The molecule has 1 amide bonds. The smallest absolute Gasteiger partial charge is 0.234 e. The monoisotopic (exact) mass is 300 g/mol. The van der Waals surface area contributed by atoms with E-state index in [0.717, 1.165) is 16.9 Å². The number of amides is 1. The Morgan fingerprint density at radius 2 is 2.14 bits per heavy atom. The van der Waals surface area contributed by atoms with Gasteiger partial charge in [0.2, 0.25) is 5.91 Å². The molecule has 1 fully saturated rings. The molecule has 1 aromatic carbocycles. The number of ether oxygens (including phenoxy) is 1. The van der Waals surface area contributed by atoms with Gasteiger partial charge in [0, 0.05) is 24.5 Å². The van der Waals surface area contributed by atoms with E-state index in [1.54, 1.807) is 25.1 Å². The molecule has 2 heterocycles. The van der Waals surface area contributed by atoms with Gasteiger partial charge in [0.05, 0.1) is 12.9 Å². The van der Waals surface area contributed by atoms with E-state index in [1.165, 1.54) is 0 Å². The van der Waals surface area contributed by atoms with Crippen molar-refractivity contribution in [1.82, 2.24) is 9.88 Å². The van der Waals surface area contributed by atoms with Gasteiger partial charge in [-0.2, -0.15) is 0 Å². The first-order chi connectivity index (χ1) is 10.3. The van der Waals surface area contributed by atoms with Crippen molar-refractivity contribution in [2.75, 3.05) is 12.9 Å². The number of pyridine rings is 1. The topological polar surface area (TPSA) is 42.4 Å². The predicted octanol–water partition coefficient (Wildman–Crippen LogP) is 2.86. The Morgan fingerprint density at radius 3 is 2.81 bits per heavy atom. The Bertz CT molecular complexity index is 616. The number of aromatic nitrogens is 1. The third-order valence-electron chi connectivity index (χ3n) is 3.45. The fourth-order valence-corrected chi connectivity index (χ4v) is 3.52. The number of hydrogen-bond acceptors (Lipinski definition) is 4. The van der Waals surface area contributed by atoms with Crippen molar-refractivity contribution in [3.8, 4) is 5.75 Å². The molecule has 108 valence electrons. The molecule has 1 atom stereocenters. The molecule has 1 aliphatic heterocycles. The molecule has 0 aliphatic carbocycles. The number of carbonyl (C=O) groups excluding carboxylic acids is 1. The van der Waals surface area contributed by atoms with Crippen LogP contribution in [-0.4, -0.2) is 28.7 Å². The Morgan fingerprint density at radius 1 is 1.33 bits per heavy atom. The lowest BCUT2D eigenvalue weighted by Crippen LogP contribution is -2.27. The molecule has 0 N–H and O–H groups in total. The van der Waals surface area contributed by atoms with E-state index in [0.29, 0.717) is 12.3 Å². The highest BCUT2D eigenvalue weighted by Gasteiger charge is 2.32. The third kappa shape index (κ3) is 3.03. The molecule has 0 spiro atoms. The molecular formula is C16H16N2O2S. The van der Waals surface area contributed by atoms with E-state index in [1.807, 2.05) is 47.5 Å². The van der Waals surface area contributed by atoms with Crippen LogP contribution >= 0.6 is 11.8 Å². The summed E-state index contributed by atoms with van der Waals surface area (Å²) in [6.07, 6.45) is 3.58. The van der Waals surface area contributed by atoms with Crippen molar-refractivity contribution in [3.63, 3.8) is 0 Å². The number of thioether (sulfide) groups is 1. The number of nitrogens with zero attached hydrogens (tertiary/aromatic N) is 2. The van der Waals surface area contributed by atoms with Crippen LogP contribution in [0.15, 0.2) is 48.8 Å². The molecule has 0 saturated carbocycles. The maximum atomic E-state index is 12.1. The Kier molecular flexibility index (Phi) is 4.10. The van der Waals surface area contributed by atoms with E-state index in [4.69, 9.17) is 4.74 Å². The summed E-state index contributed by atoms with van der Waals surface area (Å²) in [6, 6.07) is 11.8. The van der Waals surface area contributed by atoms with Crippen LogP contribution in [0.4, 0.5) is 0 Å². The predicted molar refractivity (Wildman–Crippen MR) is 83.0 cm³/mol. The lowest BCUT2D eigenvalue weighted by Gasteiger charge is -2.24. The molecular weight excluding hydrogens is 284 g/mol. The quantitative estimate of drug-likeness (QED) is 0.871. The SMILES string of the molecule is COc1ccc(CN2C(=O)CS[C@@H]2c2cccnc2)cc1. The van der Waals surface area contributed by atoms with Crippen LogP contribution in [-0.2, 0) is 11.3 Å². The zero-order valence-electron chi connectivity index (χ0n) is 11.7. The van der Waals surface area contributed by atoms with Crippen molar-refractivity contribution >= 4 is 17.7 Å². The summed E-state index contributed by atoms with van der Waals surface area (Å²) in [5, 5.41) is 0.0494. The van der Waals surface area contributed by atoms with Crippen molar-refractivity contribution in [2.45, 2.75) is 11.9 Å². The van der Waals surface area contributed by atoms with Gasteiger partial charge in [-0.05, 0) is 23.8 Å². The van der Waals surface area contributed by atoms with Crippen LogP contribution in [0, 0.1) is 0 Å². The molecule has 4 nitrogen and oxygen atoms in total. The first kappa shape index (κ1) is 13.9. The van der Waals surface area contributed by atoms with Crippen molar-refractivity contribution < 1.29 is 9.53 Å². The minimum absolute atomic E-state index is 0.0494. The molecule has 1 aliphatic rings. The number of benzene rings is 1. The minimum atomic E-state index is 0.0494. The van der Waals surface area contributed by atoms with Crippen molar-refractivity contribution in [3.05, 3.63) is 59.9 Å². The van der Waals surface area contributed by atoms with E-state index >= 15 is 0 Å². The van der Waals surface area contributed by atoms with Crippen LogP contribution in [0.2, 0.25) is 0 Å². The molecule has 1 saturated heterocycles. The van der Waals surface area contributed by atoms with Gasteiger partial charge >= 0.3 is 0 Å². The van der Waals surface area contributed by atoms with Crippen LogP contribution in [0.3, 0.4) is 0 Å². The molecule has 2 aromatic rings. The molecule has 0 radical (unpaired) electrons. The molecule has 0 unspecified atom stereocenters. The average Bonchev–Trinajstić information content (AvgIpc) is 2.90. The highest BCUT2D eigenvalue weighted by molar-refractivity contribution is 8.00. The first-order valence-electron chi connectivity index (χ1n) is 6.72. The lowest BCUT2D eigenvalue weighted by atomic mass is 10.2. The Hall–Kier alpha value is -2.01. The second kappa shape index (κ2) is 6.18. The summed E-state index contributed by atoms with van der Waals surface area (Å²) in [5.74, 6) is 1.52. The molecule has 3 rings (SSSR count). The standard InChI is InChI=1S/C16H16N2O2S/c1-20-14-6-4-12(5-7-14)10-18-15(19)11-21-16(18)13-3-2-8-17-9-13/h2-9,16H,10-11H2,1H3/t16-/m1/s1. The Labute approximate surface area is 128 Å². The van der Waals surface area contributed by atoms with E-state index in [-0.39, 0.29) is 11.3 Å². The van der Waals surface area contributed by atoms with E-state index in [2.05, 4.69) is 4.98 Å². The van der Waals surface area contributed by atoms with Gasteiger partial charge in [-0.3, -0.25) is 9.78 Å². The van der Waals surface area contributed by atoms with Crippen molar-refractivity contribution in [2.24, 2.45) is 0 Å². The van der Waals surface area contributed by atoms with Gasteiger partial charge < -0.3 is 9.64 Å². The third-order valence-corrected chi connectivity index (χ3v) is 4.71. The molecule has 0 bridgehead atoms. The van der Waals surface area contributed by atoms with E-state index < -0.39 is 0 Å². The van der Waals surface area contributed by atoms with Crippen LogP contribution in [0.25, 0.3) is 0 Å². The molecule has 21 heavy (non-hydrogen) atoms. The van der Waals surface area contributed by atoms with Crippen molar-refractivity contribution in [1.29, 1.82) is 0 Å². The second-order valence-electron chi connectivity index (χ2n) is 4.82. The maximum absolute atomic E-state index is 12.1. The summed E-state index contributed by atoms with van der Waals surface area (Å²) < 4.78 is 5.16. The molecule has 1 aromatic heterocycles.